The second-order valence-electron chi connectivity index (χ2n) is 5.69. The lowest BCUT2D eigenvalue weighted by atomic mass is 10.1. The molecule has 4 heteroatoms. The number of amides is 1. The van der Waals surface area contributed by atoms with Gasteiger partial charge in [-0.2, -0.15) is 0 Å². The van der Waals surface area contributed by atoms with E-state index in [-0.39, 0.29) is 5.91 Å². The smallest absolute Gasteiger partial charge is 0.254 e. The minimum atomic E-state index is 0.0894. The van der Waals surface area contributed by atoms with Gasteiger partial charge >= 0.3 is 0 Å². The Labute approximate surface area is 136 Å². The van der Waals surface area contributed by atoms with Crippen molar-refractivity contribution in [3.05, 3.63) is 71.3 Å². The van der Waals surface area contributed by atoms with Crippen molar-refractivity contribution in [3.8, 4) is 0 Å². The average Bonchev–Trinajstić information content (AvgIpc) is 3.43. The van der Waals surface area contributed by atoms with E-state index in [0.717, 1.165) is 24.0 Å². The normalized spacial score (nSPS) is 14.0. The zero-order chi connectivity index (χ0) is 16.1. The van der Waals surface area contributed by atoms with Crippen molar-refractivity contribution in [2.75, 3.05) is 7.11 Å². The minimum Gasteiger partial charge on any atom is -0.399 e. The van der Waals surface area contributed by atoms with Gasteiger partial charge in [-0.25, -0.2) is 0 Å². The highest BCUT2D eigenvalue weighted by Gasteiger charge is 2.32. The van der Waals surface area contributed by atoms with Crippen molar-refractivity contribution in [3.63, 3.8) is 0 Å². The fraction of sp³-hybridized carbons (Fsp3) is 0.263. The van der Waals surface area contributed by atoms with Crippen LogP contribution in [-0.4, -0.2) is 30.2 Å². The highest BCUT2D eigenvalue weighted by atomic mass is 16.6. The summed E-state index contributed by atoms with van der Waals surface area (Å²) in [6.07, 6.45) is 3.81. The van der Waals surface area contributed by atoms with Gasteiger partial charge in [0.05, 0.1) is 6.21 Å². The van der Waals surface area contributed by atoms with E-state index in [1.807, 2.05) is 47.4 Å². The molecule has 3 rings (SSSR count). The summed E-state index contributed by atoms with van der Waals surface area (Å²) in [7, 11) is 1.51. The summed E-state index contributed by atoms with van der Waals surface area (Å²) in [5.74, 6) is 0.0894. The Morgan fingerprint density at radius 3 is 2.48 bits per heavy atom. The van der Waals surface area contributed by atoms with E-state index in [1.165, 1.54) is 7.11 Å². The van der Waals surface area contributed by atoms with Gasteiger partial charge in [-0.15, -0.1) is 0 Å². The molecule has 1 saturated carbocycles. The molecule has 2 aromatic rings. The molecule has 0 aromatic heterocycles. The number of hydrogen-bond acceptors (Lipinski definition) is 3. The summed E-state index contributed by atoms with van der Waals surface area (Å²) in [5, 5.41) is 3.73. The van der Waals surface area contributed by atoms with Crippen LogP contribution >= 0.6 is 0 Å². The maximum absolute atomic E-state index is 12.8. The molecule has 1 fully saturated rings. The van der Waals surface area contributed by atoms with Crippen LogP contribution in [0, 0.1) is 0 Å². The van der Waals surface area contributed by atoms with Crippen molar-refractivity contribution in [2.45, 2.75) is 25.4 Å². The molecule has 4 nitrogen and oxygen atoms in total. The minimum absolute atomic E-state index is 0.0894. The maximum atomic E-state index is 12.8. The van der Waals surface area contributed by atoms with Gasteiger partial charge in [0.1, 0.15) is 7.11 Å². The molecule has 2 aromatic carbocycles. The molecule has 1 aliphatic rings. The molecule has 23 heavy (non-hydrogen) atoms. The largest absolute Gasteiger partial charge is 0.399 e. The van der Waals surface area contributed by atoms with E-state index >= 15 is 0 Å². The summed E-state index contributed by atoms with van der Waals surface area (Å²) >= 11 is 0. The van der Waals surface area contributed by atoms with Gasteiger partial charge in [-0.3, -0.25) is 4.79 Å². The molecule has 1 amide bonds. The van der Waals surface area contributed by atoms with Crippen LogP contribution in [0.3, 0.4) is 0 Å². The third-order valence-corrected chi connectivity index (χ3v) is 3.91. The second-order valence-corrected chi connectivity index (χ2v) is 5.69. The molecule has 0 aliphatic heterocycles. The van der Waals surface area contributed by atoms with Crippen LogP contribution in [0.4, 0.5) is 0 Å². The zero-order valence-corrected chi connectivity index (χ0v) is 13.2. The van der Waals surface area contributed by atoms with E-state index in [1.54, 1.807) is 6.21 Å². The Hall–Kier alpha value is -2.62. The van der Waals surface area contributed by atoms with Crippen LogP contribution in [-0.2, 0) is 11.4 Å². The predicted molar refractivity (Wildman–Crippen MR) is 90.4 cm³/mol. The van der Waals surface area contributed by atoms with Crippen molar-refractivity contribution in [1.82, 2.24) is 4.90 Å². The first kappa shape index (κ1) is 15.3. The van der Waals surface area contributed by atoms with Crippen molar-refractivity contribution < 1.29 is 9.63 Å². The molecular formula is C19H20N2O2. The Bertz CT molecular complexity index is 676. The first-order valence-corrected chi connectivity index (χ1v) is 7.79. The maximum Gasteiger partial charge on any atom is 0.254 e. The Kier molecular flexibility index (Phi) is 4.71. The predicted octanol–water partition coefficient (Wildman–Crippen LogP) is 3.47. The van der Waals surface area contributed by atoms with Crippen molar-refractivity contribution in [1.29, 1.82) is 0 Å². The third kappa shape index (κ3) is 3.97. The van der Waals surface area contributed by atoms with Crippen LogP contribution < -0.4 is 0 Å². The van der Waals surface area contributed by atoms with Gasteiger partial charge in [0.25, 0.3) is 5.91 Å². The number of hydrogen-bond donors (Lipinski definition) is 0. The number of oxime groups is 1. The molecular weight excluding hydrogens is 288 g/mol. The highest BCUT2D eigenvalue weighted by molar-refractivity contribution is 5.95. The molecule has 0 bridgehead atoms. The van der Waals surface area contributed by atoms with Crippen molar-refractivity contribution in [2.24, 2.45) is 5.16 Å². The molecule has 1 aliphatic carbocycles. The molecule has 0 atom stereocenters. The van der Waals surface area contributed by atoms with E-state index in [9.17, 15) is 4.79 Å². The summed E-state index contributed by atoms with van der Waals surface area (Å²) in [6.45, 7) is 0.664. The van der Waals surface area contributed by atoms with Gasteiger partial charge in [0.2, 0.25) is 0 Å². The van der Waals surface area contributed by atoms with Gasteiger partial charge < -0.3 is 9.74 Å². The summed E-state index contributed by atoms with van der Waals surface area (Å²) < 4.78 is 0. The molecule has 0 spiro atoms. The lowest BCUT2D eigenvalue weighted by molar-refractivity contribution is 0.0730. The quantitative estimate of drug-likeness (QED) is 0.605. The number of rotatable bonds is 6. The first-order chi connectivity index (χ1) is 11.3. The number of nitrogens with zero attached hydrogens (tertiary/aromatic N) is 2. The molecule has 0 saturated heterocycles. The number of benzene rings is 2. The fourth-order valence-corrected chi connectivity index (χ4v) is 2.52. The van der Waals surface area contributed by atoms with Gasteiger partial charge in [0, 0.05) is 18.2 Å². The molecule has 118 valence electrons. The van der Waals surface area contributed by atoms with Crippen LogP contribution in [0.5, 0.6) is 0 Å². The molecule has 0 unspecified atom stereocenters. The molecule has 0 heterocycles. The van der Waals surface area contributed by atoms with Crippen LogP contribution in [0.25, 0.3) is 0 Å². The Balaban J connectivity index is 1.74. The number of carbonyl (C=O) groups excluding carboxylic acids is 1. The van der Waals surface area contributed by atoms with Gasteiger partial charge in [-0.1, -0.05) is 47.6 Å². The lowest BCUT2D eigenvalue weighted by Gasteiger charge is -2.22. The van der Waals surface area contributed by atoms with E-state index in [2.05, 4.69) is 22.1 Å². The third-order valence-electron chi connectivity index (χ3n) is 3.91. The average molecular weight is 308 g/mol. The second kappa shape index (κ2) is 7.09. The standard InChI is InChI=1S/C19H20N2O2/c1-23-20-13-15-7-9-17(10-8-15)19(22)21(18-11-12-18)14-16-5-3-2-4-6-16/h2-10,13,18H,11-12,14H2,1H3/b20-13+. The van der Waals surface area contributed by atoms with Crippen LogP contribution in [0.2, 0.25) is 0 Å². The Morgan fingerprint density at radius 2 is 1.87 bits per heavy atom. The van der Waals surface area contributed by atoms with E-state index in [0.29, 0.717) is 18.2 Å². The fourth-order valence-electron chi connectivity index (χ4n) is 2.52. The summed E-state index contributed by atoms with van der Waals surface area (Å²) in [6, 6.07) is 18.0. The summed E-state index contributed by atoms with van der Waals surface area (Å²) in [4.78, 5) is 19.5. The van der Waals surface area contributed by atoms with Gasteiger partial charge in [0.15, 0.2) is 0 Å². The monoisotopic (exact) mass is 308 g/mol. The Morgan fingerprint density at radius 1 is 1.17 bits per heavy atom. The SMILES string of the molecule is CO/N=C/c1ccc(C(=O)N(Cc2ccccc2)C2CC2)cc1. The topological polar surface area (TPSA) is 41.9 Å². The van der Waals surface area contributed by atoms with Gasteiger partial charge in [-0.05, 0) is 36.1 Å². The lowest BCUT2D eigenvalue weighted by Crippen LogP contribution is -2.32. The highest BCUT2D eigenvalue weighted by Crippen LogP contribution is 2.29. The first-order valence-electron chi connectivity index (χ1n) is 7.79. The molecule has 0 N–H and O–H groups in total. The van der Waals surface area contributed by atoms with E-state index in [4.69, 9.17) is 0 Å². The van der Waals surface area contributed by atoms with E-state index < -0.39 is 0 Å². The summed E-state index contributed by atoms with van der Waals surface area (Å²) in [5.41, 5.74) is 2.78. The number of carbonyl (C=O) groups is 1. The zero-order valence-electron chi connectivity index (χ0n) is 13.2. The van der Waals surface area contributed by atoms with Crippen molar-refractivity contribution >= 4 is 12.1 Å². The van der Waals surface area contributed by atoms with Crippen LogP contribution in [0.1, 0.15) is 34.3 Å². The molecule has 0 radical (unpaired) electrons. The van der Waals surface area contributed by atoms with Crippen LogP contribution in [0.15, 0.2) is 59.8 Å².